The minimum absolute atomic E-state index is 0.0219. The summed E-state index contributed by atoms with van der Waals surface area (Å²) in [6, 6.07) is 13.3. The van der Waals surface area contributed by atoms with Gasteiger partial charge >= 0.3 is 6.18 Å². The zero-order chi connectivity index (χ0) is 19.4. The van der Waals surface area contributed by atoms with Crippen molar-refractivity contribution in [2.75, 3.05) is 5.32 Å². The highest BCUT2D eigenvalue weighted by Gasteiger charge is 2.33. The van der Waals surface area contributed by atoms with Crippen molar-refractivity contribution in [3.63, 3.8) is 0 Å². The van der Waals surface area contributed by atoms with Crippen LogP contribution < -0.4 is 10.1 Å². The molecule has 0 radical (unpaired) electrons. The summed E-state index contributed by atoms with van der Waals surface area (Å²) in [5, 5.41) is 6.27. The largest absolute Gasteiger partial charge is 0.471 e. The van der Waals surface area contributed by atoms with E-state index < -0.39 is 17.6 Å². The number of hydrogen-bond donors (Lipinski definition) is 1. The van der Waals surface area contributed by atoms with Crippen molar-refractivity contribution in [3.05, 3.63) is 76.5 Å². The van der Waals surface area contributed by atoms with Crippen molar-refractivity contribution in [1.29, 1.82) is 0 Å². The van der Waals surface area contributed by atoms with Crippen LogP contribution in [0, 0.1) is 0 Å². The third-order valence-electron chi connectivity index (χ3n) is 3.53. The molecule has 0 aliphatic rings. The molecular formula is C18H13BrF3N3O2. The van der Waals surface area contributed by atoms with Gasteiger partial charge in [-0.05, 0) is 42.5 Å². The number of halogens is 4. The van der Waals surface area contributed by atoms with Crippen LogP contribution in [0.1, 0.15) is 16.1 Å². The van der Waals surface area contributed by atoms with Crippen LogP contribution in [0.4, 0.5) is 18.9 Å². The highest BCUT2D eigenvalue weighted by Crippen LogP contribution is 2.34. The number of carbonyl (C=O) groups excluding carboxylic acids is 1. The van der Waals surface area contributed by atoms with Crippen LogP contribution in [-0.4, -0.2) is 15.7 Å². The second-order valence-electron chi connectivity index (χ2n) is 5.47. The molecule has 140 valence electrons. The number of rotatable bonds is 5. The molecule has 0 bridgehead atoms. The Kier molecular flexibility index (Phi) is 5.50. The zero-order valence-electron chi connectivity index (χ0n) is 13.7. The predicted octanol–water partition coefficient (Wildman–Crippen LogP) is 4.95. The van der Waals surface area contributed by atoms with E-state index in [9.17, 15) is 18.0 Å². The molecule has 0 atom stereocenters. The van der Waals surface area contributed by atoms with Crippen molar-refractivity contribution in [1.82, 2.24) is 9.78 Å². The van der Waals surface area contributed by atoms with Crippen molar-refractivity contribution >= 4 is 27.5 Å². The van der Waals surface area contributed by atoms with Crippen molar-refractivity contribution in [3.8, 4) is 5.75 Å². The Morgan fingerprint density at radius 2 is 1.81 bits per heavy atom. The molecule has 1 aromatic heterocycles. The molecule has 27 heavy (non-hydrogen) atoms. The third kappa shape index (κ3) is 4.88. The Morgan fingerprint density at radius 3 is 2.52 bits per heavy atom. The summed E-state index contributed by atoms with van der Waals surface area (Å²) in [6.45, 7) is 0.0497. The molecule has 1 heterocycles. The number of carbonyl (C=O) groups is 1. The number of alkyl halides is 3. The Bertz CT molecular complexity index is 940. The van der Waals surface area contributed by atoms with Gasteiger partial charge in [0.1, 0.15) is 5.75 Å². The van der Waals surface area contributed by atoms with E-state index in [2.05, 4.69) is 26.3 Å². The molecule has 0 aliphatic heterocycles. The van der Waals surface area contributed by atoms with Crippen LogP contribution in [0.3, 0.4) is 0 Å². The lowest BCUT2D eigenvalue weighted by atomic mass is 10.1. The quantitative estimate of drug-likeness (QED) is 0.611. The third-order valence-corrected chi connectivity index (χ3v) is 4.06. The number of nitrogens with zero attached hydrogens (tertiary/aromatic N) is 2. The maximum atomic E-state index is 13.0. The Morgan fingerprint density at radius 1 is 1.11 bits per heavy atom. The van der Waals surface area contributed by atoms with E-state index in [0.717, 1.165) is 10.5 Å². The van der Waals surface area contributed by atoms with Gasteiger partial charge in [0.15, 0.2) is 12.4 Å². The van der Waals surface area contributed by atoms with Gasteiger partial charge in [0, 0.05) is 10.7 Å². The minimum Gasteiger partial charge on any atom is -0.471 e. The first-order valence-electron chi connectivity index (χ1n) is 7.72. The second-order valence-corrected chi connectivity index (χ2v) is 6.38. The van der Waals surface area contributed by atoms with Gasteiger partial charge in [-0.1, -0.05) is 28.1 Å². The van der Waals surface area contributed by atoms with Crippen LogP contribution in [-0.2, 0) is 12.9 Å². The standard InChI is InChI=1S/C18H13BrF3N3O2/c19-12-5-7-13(8-6-12)27-11-25-10-9-16(24-25)17(26)23-15-4-2-1-3-14(15)18(20,21)22/h1-10H,11H2,(H,23,26). The fraction of sp³-hybridized carbons (Fsp3) is 0.111. The van der Waals surface area contributed by atoms with E-state index >= 15 is 0 Å². The van der Waals surface area contributed by atoms with Crippen LogP contribution in [0.15, 0.2) is 65.3 Å². The fourth-order valence-corrected chi connectivity index (χ4v) is 2.52. The molecule has 1 amide bonds. The highest BCUT2D eigenvalue weighted by atomic mass is 79.9. The normalized spacial score (nSPS) is 11.3. The first kappa shape index (κ1) is 19.0. The summed E-state index contributed by atoms with van der Waals surface area (Å²) in [4.78, 5) is 12.2. The molecule has 0 saturated heterocycles. The summed E-state index contributed by atoms with van der Waals surface area (Å²) in [6.07, 6.45) is -3.06. The summed E-state index contributed by atoms with van der Waals surface area (Å²) in [7, 11) is 0. The molecule has 0 spiro atoms. The minimum atomic E-state index is -4.57. The maximum absolute atomic E-state index is 13.0. The van der Waals surface area contributed by atoms with Gasteiger partial charge in [0.05, 0.1) is 11.3 Å². The smallest absolute Gasteiger partial charge is 0.418 e. The topological polar surface area (TPSA) is 56.2 Å². The average Bonchev–Trinajstić information content (AvgIpc) is 3.10. The summed E-state index contributed by atoms with van der Waals surface area (Å²) >= 11 is 3.32. The van der Waals surface area contributed by atoms with E-state index in [1.54, 1.807) is 12.1 Å². The van der Waals surface area contributed by atoms with Gasteiger partial charge in [-0.3, -0.25) is 4.79 Å². The lowest BCUT2D eigenvalue weighted by Crippen LogP contribution is -2.17. The van der Waals surface area contributed by atoms with E-state index in [4.69, 9.17) is 4.74 Å². The SMILES string of the molecule is O=C(Nc1ccccc1C(F)(F)F)c1ccn(COc2ccc(Br)cc2)n1. The average molecular weight is 440 g/mol. The number of amides is 1. The number of hydrogen-bond acceptors (Lipinski definition) is 3. The van der Waals surface area contributed by atoms with E-state index in [1.165, 1.54) is 35.1 Å². The van der Waals surface area contributed by atoms with Gasteiger partial charge < -0.3 is 10.1 Å². The number of para-hydroxylation sites is 1. The summed E-state index contributed by atoms with van der Waals surface area (Å²) in [5.41, 5.74) is -1.27. The van der Waals surface area contributed by atoms with Crippen LogP contribution in [0.5, 0.6) is 5.75 Å². The highest BCUT2D eigenvalue weighted by molar-refractivity contribution is 9.10. The molecule has 1 N–H and O–H groups in total. The van der Waals surface area contributed by atoms with Crippen LogP contribution >= 0.6 is 15.9 Å². The monoisotopic (exact) mass is 439 g/mol. The Balaban J connectivity index is 1.66. The van der Waals surface area contributed by atoms with Gasteiger partial charge in [-0.25, -0.2) is 4.68 Å². The van der Waals surface area contributed by atoms with Gasteiger partial charge in [-0.2, -0.15) is 18.3 Å². The fourth-order valence-electron chi connectivity index (χ4n) is 2.25. The van der Waals surface area contributed by atoms with Gasteiger partial charge in [-0.15, -0.1) is 0 Å². The molecule has 3 rings (SSSR count). The predicted molar refractivity (Wildman–Crippen MR) is 96.4 cm³/mol. The summed E-state index contributed by atoms with van der Waals surface area (Å²) in [5.74, 6) is -0.132. The molecule has 0 aliphatic carbocycles. The van der Waals surface area contributed by atoms with Crippen molar-refractivity contribution in [2.45, 2.75) is 12.9 Å². The summed E-state index contributed by atoms with van der Waals surface area (Å²) < 4.78 is 46.8. The molecule has 5 nitrogen and oxygen atoms in total. The Hall–Kier alpha value is -2.81. The molecule has 2 aromatic carbocycles. The van der Waals surface area contributed by atoms with Crippen LogP contribution in [0.2, 0.25) is 0 Å². The molecule has 9 heteroatoms. The first-order chi connectivity index (χ1) is 12.8. The lowest BCUT2D eigenvalue weighted by Gasteiger charge is -2.12. The number of nitrogens with one attached hydrogen (secondary N) is 1. The zero-order valence-corrected chi connectivity index (χ0v) is 15.3. The van der Waals surface area contributed by atoms with Crippen LogP contribution in [0.25, 0.3) is 0 Å². The van der Waals surface area contributed by atoms with Gasteiger partial charge in [0.2, 0.25) is 0 Å². The van der Waals surface area contributed by atoms with E-state index in [-0.39, 0.29) is 18.1 Å². The molecule has 0 fully saturated rings. The number of anilines is 1. The van der Waals surface area contributed by atoms with Crippen molar-refractivity contribution < 1.29 is 22.7 Å². The van der Waals surface area contributed by atoms with E-state index in [1.807, 2.05) is 12.1 Å². The molecule has 0 unspecified atom stereocenters. The Labute approximate surface area is 160 Å². The lowest BCUT2D eigenvalue weighted by molar-refractivity contribution is -0.136. The van der Waals surface area contributed by atoms with E-state index in [0.29, 0.717) is 5.75 Å². The molecule has 3 aromatic rings. The number of ether oxygens (including phenoxy) is 1. The number of aromatic nitrogens is 2. The van der Waals surface area contributed by atoms with Gasteiger partial charge in [0.25, 0.3) is 5.91 Å². The van der Waals surface area contributed by atoms with Crippen molar-refractivity contribution in [2.24, 2.45) is 0 Å². The molecule has 0 saturated carbocycles. The maximum Gasteiger partial charge on any atom is 0.418 e. The second kappa shape index (κ2) is 7.83. The molecular weight excluding hydrogens is 427 g/mol. The first-order valence-corrected chi connectivity index (χ1v) is 8.51. The number of benzene rings is 2.